The molecule has 32 heavy (non-hydrogen) atoms. The second-order valence-electron chi connectivity index (χ2n) is 7.62. The van der Waals surface area contributed by atoms with Crippen LogP contribution in [0.5, 0.6) is 5.75 Å². The van der Waals surface area contributed by atoms with E-state index in [2.05, 4.69) is 5.09 Å². The Morgan fingerprint density at radius 1 is 1.38 bits per heavy atom. The van der Waals surface area contributed by atoms with Crippen molar-refractivity contribution in [2.45, 2.75) is 44.4 Å². The third-order valence-electron chi connectivity index (χ3n) is 4.90. The quantitative estimate of drug-likeness (QED) is 0.407. The minimum atomic E-state index is -4.11. The van der Waals surface area contributed by atoms with Crippen LogP contribution in [0.2, 0.25) is 0 Å². The third-order valence-corrected chi connectivity index (χ3v) is 6.39. The number of halogens is 1. The van der Waals surface area contributed by atoms with Gasteiger partial charge < -0.3 is 14.4 Å². The van der Waals surface area contributed by atoms with Crippen LogP contribution in [0, 0.1) is 0 Å². The van der Waals surface area contributed by atoms with Gasteiger partial charge in [-0.1, -0.05) is 18.2 Å². The van der Waals surface area contributed by atoms with Gasteiger partial charge in [0.15, 0.2) is 17.7 Å². The predicted molar refractivity (Wildman–Crippen MR) is 109 cm³/mol. The van der Waals surface area contributed by atoms with Gasteiger partial charge in [-0.25, -0.2) is 14.0 Å². The summed E-state index contributed by atoms with van der Waals surface area (Å²) < 4.78 is 44.7. The highest BCUT2D eigenvalue weighted by Crippen LogP contribution is 2.46. The lowest BCUT2D eigenvalue weighted by Gasteiger charge is -2.32. The SMILES string of the molecule is CC(=O)CNP(=O)(OC[C@H]1O[C@@H](N2C=CC(=O)CC2=O)[C@](C)(F)C1O)Oc1ccccc1. The molecule has 1 fully saturated rings. The Balaban J connectivity index is 1.73. The number of para-hydroxylation sites is 1. The predicted octanol–water partition coefficient (Wildman–Crippen LogP) is 1.50. The molecule has 2 unspecified atom stereocenters. The number of rotatable bonds is 9. The maximum atomic E-state index is 15.3. The number of ketones is 2. The number of alkyl halides is 1. The van der Waals surface area contributed by atoms with Crippen LogP contribution < -0.4 is 9.61 Å². The lowest BCUT2D eigenvalue weighted by atomic mass is 9.97. The summed E-state index contributed by atoms with van der Waals surface area (Å²) in [6, 6.07) is 8.05. The van der Waals surface area contributed by atoms with Crippen molar-refractivity contribution in [1.82, 2.24) is 9.99 Å². The van der Waals surface area contributed by atoms with Gasteiger partial charge in [0, 0.05) is 6.20 Å². The van der Waals surface area contributed by atoms with Crippen molar-refractivity contribution in [3.63, 3.8) is 0 Å². The molecule has 1 saturated heterocycles. The summed E-state index contributed by atoms with van der Waals surface area (Å²) in [5.74, 6) is -1.24. The largest absolute Gasteiger partial charge is 0.459 e. The molecule has 1 aromatic carbocycles. The average Bonchev–Trinajstić information content (AvgIpc) is 2.95. The molecule has 2 aliphatic rings. The van der Waals surface area contributed by atoms with Crippen LogP contribution in [0.1, 0.15) is 20.3 Å². The smallest absolute Gasteiger partial charge is 0.413 e. The number of allylic oxidation sites excluding steroid dienone is 1. The van der Waals surface area contributed by atoms with Gasteiger partial charge in [0.05, 0.1) is 19.6 Å². The molecule has 0 saturated carbocycles. The summed E-state index contributed by atoms with van der Waals surface area (Å²) in [4.78, 5) is 35.8. The third kappa shape index (κ3) is 5.48. The Hall–Kier alpha value is -2.43. The maximum Gasteiger partial charge on any atom is 0.459 e. The first-order chi connectivity index (χ1) is 15.0. The van der Waals surface area contributed by atoms with Crippen molar-refractivity contribution in [3.05, 3.63) is 42.6 Å². The molecule has 1 aromatic rings. The van der Waals surface area contributed by atoms with Crippen LogP contribution in [-0.4, -0.2) is 64.7 Å². The van der Waals surface area contributed by atoms with Gasteiger partial charge in [-0.05, 0) is 32.1 Å². The van der Waals surface area contributed by atoms with Crippen LogP contribution in [0.4, 0.5) is 4.39 Å². The van der Waals surface area contributed by atoms with E-state index >= 15 is 4.39 Å². The number of ether oxygens (including phenoxy) is 1. The Morgan fingerprint density at radius 2 is 2.06 bits per heavy atom. The molecule has 2 heterocycles. The van der Waals surface area contributed by atoms with Crippen molar-refractivity contribution in [2.24, 2.45) is 0 Å². The van der Waals surface area contributed by atoms with Crippen LogP contribution in [0.25, 0.3) is 0 Å². The Bertz CT molecular complexity index is 954. The summed E-state index contributed by atoms with van der Waals surface area (Å²) in [5.41, 5.74) is -2.41. The number of benzene rings is 1. The molecule has 0 spiro atoms. The van der Waals surface area contributed by atoms with Crippen LogP contribution in [0.3, 0.4) is 0 Å². The zero-order chi connectivity index (χ0) is 23.5. The summed E-state index contributed by atoms with van der Waals surface area (Å²) in [6.07, 6.45) is -2.82. The molecule has 0 radical (unpaired) electrons. The average molecular weight is 470 g/mol. The lowest BCUT2D eigenvalue weighted by Crippen LogP contribution is -2.51. The Labute approximate surface area is 183 Å². The van der Waals surface area contributed by atoms with Crippen molar-refractivity contribution < 1.29 is 42.2 Å². The van der Waals surface area contributed by atoms with E-state index in [-0.39, 0.29) is 18.1 Å². The van der Waals surface area contributed by atoms with Crippen LogP contribution in [-0.2, 0) is 28.2 Å². The number of carbonyl (C=O) groups is 3. The maximum absolute atomic E-state index is 15.3. The topological polar surface area (TPSA) is 131 Å². The number of nitrogens with zero attached hydrogens (tertiary/aromatic N) is 1. The van der Waals surface area contributed by atoms with E-state index in [4.69, 9.17) is 13.8 Å². The summed E-state index contributed by atoms with van der Waals surface area (Å²) >= 11 is 0. The van der Waals surface area contributed by atoms with Crippen molar-refractivity contribution in [1.29, 1.82) is 0 Å². The van der Waals surface area contributed by atoms with E-state index in [1.165, 1.54) is 19.1 Å². The number of nitrogens with one attached hydrogen (secondary N) is 1. The first-order valence-corrected chi connectivity index (χ1v) is 11.3. The molecule has 10 nitrogen and oxygen atoms in total. The monoisotopic (exact) mass is 470 g/mol. The fourth-order valence-electron chi connectivity index (χ4n) is 3.21. The van der Waals surface area contributed by atoms with E-state index in [0.717, 1.165) is 24.1 Å². The molecule has 2 aliphatic heterocycles. The first kappa shape index (κ1) is 24.2. The van der Waals surface area contributed by atoms with E-state index in [1.54, 1.807) is 18.2 Å². The normalized spacial score (nSPS) is 29.8. The molecule has 12 heteroatoms. The summed E-state index contributed by atoms with van der Waals surface area (Å²) in [7, 11) is -4.11. The van der Waals surface area contributed by atoms with Gasteiger partial charge in [0.2, 0.25) is 5.91 Å². The second kappa shape index (κ2) is 9.60. The minimum absolute atomic E-state index is 0.196. The number of hydrogen-bond donors (Lipinski definition) is 2. The molecule has 0 bridgehead atoms. The molecule has 5 atom stereocenters. The first-order valence-electron chi connectivity index (χ1n) is 9.80. The highest BCUT2D eigenvalue weighted by molar-refractivity contribution is 7.52. The molecular formula is C20H24FN2O8P. The zero-order valence-electron chi connectivity index (χ0n) is 17.5. The number of carbonyl (C=O) groups excluding carboxylic acids is 3. The molecule has 2 N–H and O–H groups in total. The molecule has 3 rings (SSSR count). The van der Waals surface area contributed by atoms with E-state index in [9.17, 15) is 24.1 Å². The van der Waals surface area contributed by atoms with Gasteiger partial charge >= 0.3 is 7.75 Å². The van der Waals surface area contributed by atoms with Gasteiger partial charge in [-0.15, -0.1) is 0 Å². The highest BCUT2D eigenvalue weighted by atomic mass is 31.2. The number of aliphatic hydroxyl groups excluding tert-OH is 1. The lowest BCUT2D eigenvalue weighted by molar-refractivity contribution is -0.150. The Kier molecular flexibility index (Phi) is 7.26. The van der Waals surface area contributed by atoms with E-state index < -0.39 is 56.6 Å². The number of aliphatic hydroxyl groups is 1. The zero-order valence-corrected chi connectivity index (χ0v) is 18.4. The van der Waals surface area contributed by atoms with Crippen LogP contribution >= 0.6 is 7.75 Å². The second-order valence-corrected chi connectivity index (χ2v) is 9.37. The fourth-order valence-corrected chi connectivity index (χ4v) is 4.58. The number of Topliss-reactive ketones (excluding diaryl/α,β-unsaturated/α-hetero) is 1. The van der Waals surface area contributed by atoms with Crippen LogP contribution in [0.15, 0.2) is 42.6 Å². The Morgan fingerprint density at radius 3 is 2.69 bits per heavy atom. The molecule has 0 aliphatic carbocycles. The van der Waals surface area contributed by atoms with Gasteiger partial charge in [0.25, 0.3) is 0 Å². The van der Waals surface area contributed by atoms with Crippen molar-refractivity contribution >= 4 is 25.2 Å². The molecule has 1 amide bonds. The molecule has 174 valence electrons. The van der Waals surface area contributed by atoms with Gasteiger partial charge in [-0.2, -0.15) is 0 Å². The highest BCUT2D eigenvalue weighted by Gasteiger charge is 2.57. The van der Waals surface area contributed by atoms with Crippen molar-refractivity contribution in [2.75, 3.05) is 13.2 Å². The fraction of sp³-hybridized carbons (Fsp3) is 0.450. The number of amides is 1. The summed E-state index contributed by atoms with van der Waals surface area (Å²) in [6.45, 7) is 1.43. The van der Waals surface area contributed by atoms with Gasteiger partial charge in [0.1, 0.15) is 23.7 Å². The van der Waals surface area contributed by atoms with E-state index in [1.807, 2.05) is 0 Å². The number of hydrogen-bond acceptors (Lipinski definition) is 8. The summed E-state index contributed by atoms with van der Waals surface area (Å²) in [5, 5.41) is 12.9. The minimum Gasteiger partial charge on any atom is -0.413 e. The van der Waals surface area contributed by atoms with Crippen molar-refractivity contribution in [3.8, 4) is 5.75 Å². The molecule has 0 aromatic heterocycles. The standard InChI is InChI=1S/C20H24FN2O8P/c1-13(24)11-22-32(28,31-15-6-4-3-5-7-15)29-12-16-18(27)20(2,21)19(30-16)23-9-8-14(25)10-17(23)26/h3-9,16,18-19,27H,10-12H2,1-2H3,(H,22,28)/t16-,18?,19-,20-,32?/m1/s1. The van der Waals surface area contributed by atoms with Gasteiger partial charge in [-0.3, -0.25) is 23.8 Å². The van der Waals surface area contributed by atoms with E-state index in [0.29, 0.717) is 0 Å². The molecular weight excluding hydrogens is 446 g/mol.